The number of carbonyl (C=O) groups is 1. The van der Waals surface area contributed by atoms with Gasteiger partial charge in [0.05, 0.1) is 9.95 Å². The van der Waals surface area contributed by atoms with E-state index >= 15 is 0 Å². The second-order valence-electron chi connectivity index (χ2n) is 5.50. The van der Waals surface area contributed by atoms with Crippen LogP contribution in [0.25, 0.3) is 11.1 Å². The van der Waals surface area contributed by atoms with Crippen molar-refractivity contribution >= 4 is 28.9 Å². The molecule has 0 saturated heterocycles. The van der Waals surface area contributed by atoms with Crippen molar-refractivity contribution in [3.8, 4) is 16.9 Å². The van der Waals surface area contributed by atoms with Gasteiger partial charge in [0.1, 0.15) is 17.6 Å². The molecule has 3 aromatic rings. The second kappa shape index (κ2) is 8.29. The first-order valence-electron chi connectivity index (χ1n) is 7.90. The van der Waals surface area contributed by atoms with Gasteiger partial charge in [-0.3, -0.25) is 19.9 Å². The van der Waals surface area contributed by atoms with Crippen LogP contribution < -0.4 is 10.1 Å². The number of nitrogens with one attached hydrogen (secondary N) is 1. The Morgan fingerprint density at radius 1 is 1.15 bits per heavy atom. The Balaban J connectivity index is 1.65. The predicted octanol–water partition coefficient (Wildman–Crippen LogP) is 4.33. The number of carbonyl (C=O) groups excluding carboxylic acids is 1. The van der Waals surface area contributed by atoms with Crippen molar-refractivity contribution in [3.05, 3.63) is 82.1 Å². The molecule has 2 aromatic carbocycles. The molecule has 0 aliphatic heterocycles. The Morgan fingerprint density at radius 2 is 1.93 bits per heavy atom. The van der Waals surface area contributed by atoms with Crippen LogP contribution in [0.4, 0.5) is 11.4 Å². The standard InChI is InChI=1S/C19H14ClN3O4/c20-15-10-14(13-4-2-1-3-5-13)6-7-18(15)27-12-19(24)22-16-8-9-21-11-17(16)23(25)26/h1-11H,12H2,(H,21,22,24). The van der Waals surface area contributed by atoms with Crippen LogP contribution in [0.3, 0.4) is 0 Å². The molecule has 0 aliphatic rings. The Hall–Kier alpha value is -3.45. The summed E-state index contributed by atoms with van der Waals surface area (Å²) in [5, 5.41) is 13.7. The minimum atomic E-state index is -0.622. The first-order chi connectivity index (χ1) is 13.0. The van der Waals surface area contributed by atoms with Crippen molar-refractivity contribution in [2.75, 3.05) is 11.9 Å². The van der Waals surface area contributed by atoms with E-state index in [4.69, 9.17) is 16.3 Å². The monoisotopic (exact) mass is 383 g/mol. The lowest BCUT2D eigenvalue weighted by atomic mass is 10.1. The lowest BCUT2D eigenvalue weighted by molar-refractivity contribution is -0.384. The number of hydrogen-bond donors (Lipinski definition) is 1. The molecule has 1 N–H and O–H groups in total. The van der Waals surface area contributed by atoms with Crippen LogP contribution >= 0.6 is 11.6 Å². The third-order valence-electron chi connectivity index (χ3n) is 3.67. The molecule has 0 fully saturated rings. The molecule has 0 unspecified atom stereocenters. The van der Waals surface area contributed by atoms with Crippen molar-refractivity contribution in [1.29, 1.82) is 0 Å². The first-order valence-corrected chi connectivity index (χ1v) is 8.28. The van der Waals surface area contributed by atoms with Crippen LogP contribution in [0.5, 0.6) is 5.75 Å². The van der Waals surface area contributed by atoms with Gasteiger partial charge in [0.25, 0.3) is 5.91 Å². The molecule has 0 saturated carbocycles. The quantitative estimate of drug-likeness (QED) is 0.505. The fourth-order valence-corrected chi connectivity index (χ4v) is 2.63. The Morgan fingerprint density at radius 3 is 2.63 bits per heavy atom. The molecule has 0 aliphatic carbocycles. The molecule has 27 heavy (non-hydrogen) atoms. The third-order valence-corrected chi connectivity index (χ3v) is 3.96. The van der Waals surface area contributed by atoms with Gasteiger partial charge in [0, 0.05) is 6.20 Å². The van der Waals surface area contributed by atoms with Gasteiger partial charge in [0.2, 0.25) is 0 Å². The van der Waals surface area contributed by atoms with Crippen LogP contribution in [0.2, 0.25) is 5.02 Å². The number of aromatic nitrogens is 1. The summed E-state index contributed by atoms with van der Waals surface area (Å²) in [7, 11) is 0. The van der Waals surface area contributed by atoms with E-state index in [-0.39, 0.29) is 18.0 Å². The molecule has 0 radical (unpaired) electrons. The zero-order chi connectivity index (χ0) is 19.2. The summed E-state index contributed by atoms with van der Waals surface area (Å²) < 4.78 is 5.43. The zero-order valence-corrected chi connectivity index (χ0v) is 14.7. The molecule has 0 spiro atoms. The van der Waals surface area contributed by atoms with Crippen LogP contribution in [0, 0.1) is 10.1 Å². The van der Waals surface area contributed by atoms with E-state index in [1.165, 1.54) is 12.3 Å². The fourth-order valence-electron chi connectivity index (χ4n) is 2.39. The molecule has 3 rings (SSSR count). The minimum absolute atomic E-state index is 0.0501. The molecule has 0 bridgehead atoms. The van der Waals surface area contributed by atoms with E-state index in [0.717, 1.165) is 17.3 Å². The van der Waals surface area contributed by atoms with Gasteiger partial charge in [-0.05, 0) is 29.3 Å². The summed E-state index contributed by atoms with van der Waals surface area (Å²) in [4.78, 5) is 26.0. The fraction of sp³-hybridized carbons (Fsp3) is 0.0526. The third kappa shape index (κ3) is 4.59. The molecule has 136 valence electrons. The van der Waals surface area contributed by atoms with Gasteiger partial charge in [-0.1, -0.05) is 48.0 Å². The number of nitro groups is 1. The van der Waals surface area contributed by atoms with Crippen molar-refractivity contribution in [3.63, 3.8) is 0 Å². The summed E-state index contributed by atoms with van der Waals surface area (Å²) in [6.07, 6.45) is 2.41. The number of hydrogen-bond acceptors (Lipinski definition) is 5. The number of amides is 1. The van der Waals surface area contributed by atoms with Crippen LogP contribution in [0.15, 0.2) is 67.0 Å². The summed E-state index contributed by atoms with van der Waals surface area (Å²) in [6, 6.07) is 16.3. The van der Waals surface area contributed by atoms with E-state index < -0.39 is 10.8 Å². The summed E-state index contributed by atoms with van der Waals surface area (Å²) in [5.74, 6) is -0.205. The van der Waals surface area contributed by atoms with Gasteiger partial charge in [-0.25, -0.2) is 0 Å². The van der Waals surface area contributed by atoms with Gasteiger partial charge >= 0.3 is 5.69 Å². The average Bonchev–Trinajstić information content (AvgIpc) is 2.68. The number of pyridine rings is 1. The Labute approximate surface area is 159 Å². The van der Waals surface area contributed by atoms with Gasteiger partial charge in [-0.15, -0.1) is 0 Å². The van der Waals surface area contributed by atoms with Crippen LogP contribution in [-0.2, 0) is 4.79 Å². The summed E-state index contributed by atoms with van der Waals surface area (Å²) in [6.45, 7) is -0.343. The normalized spacial score (nSPS) is 10.3. The maximum Gasteiger partial charge on any atom is 0.310 e. The number of halogens is 1. The van der Waals surface area contributed by atoms with E-state index in [1.54, 1.807) is 12.1 Å². The van der Waals surface area contributed by atoms with Crippen LogP contribution in [-0.4, -0.2) is 22.4 Å². The maximum absolute atomic E-state index is 12.0. The summed E-state index contributed by atoms with van der Waals surface area (Å²) >= 11 is 6.24. The highest BCUT2D eigenvalue weighted by Crippen LogP contribution is 2.30. The molecular weight excluding hydrogens is 370 g/mol. The maximum atomic E-state index is 12.0. The Kier molecular flexibility index (Phi) is 5.63. The number of nitrogens with zero attached hydrogens (tertiary/aromatic N) is 2. The van der Waals surface area contributed by atoms with Crippen LogP contribution in [0.1, 0.15) is 0 Å². The summed E-state index contributed by atoms with van der Waals surface area (Å²) in [5.41, 5.74) is 1.68. The zero-order valence-electron chi connectivity index (χ0n) is 14.0. The minimum Gasteiger partial charge on any atom is -0.482 e. The number of ether oxygens (including phenoxy) is 1. The molecule has 1 aromatic heterocycles. The van der Waals surface area contributed by atoms with Crippen molar-refractivity contribution in [1.82, 2.24) is 4.98 Å². The lowest BCUT2D eigenvalue weighted by Gasteiger charge is -2.10. The van der Waals surface area contributed by atoms with Gasteiger partial charge in [-0.2, -0.15) is 0 Å². The largest absolute Gasteiger partial charge is 0.482 e. The molecule has 1 heterocycles. The second-order valence-corrected chi connectivity index (χ2v) is 5.91. The van der Waals surface area contributed by atoms with Crippen molar-refractivity contribution < 1.29 is 14.5 Å². The van der Waals surface area contributed by atoms with Gasteiger partial charge in [0.15, 0.2) is 6.61 Å². The highest BCUT2D eigenvalue weighted by molar-refractivity contribution is 6.32. The molecular formula is C19H14ClN3O4. The Bertz CT molecular complexity index is 980. The molecule has 8 heteroatoms. The van der Waals surface area contributed by atoms with Crippen molar-refractivity contribution in [2.24, 2.45) is 0 Å². The van der Waals surface area contributed by atoms with E-state index in [9.17, 15) is 14.9 Å². The molecule has 1 amide bonds. The first kappa shape index (κ1) is 18.3. The highest BCUT2D eigenvalue weighted by atomic mass is 35.5. The SMILES string of the molecule is O=C(COc1ccc(-c2ccccc2)cc1Cl)Nc1ccncc1[N+](=O)[O-]. The van der Waals surface area contributed by atoms with E-state index in [2.05, 4.69) is 10.3 Å². The highest BCUT2D eigenvalue weighted by Gasteiger charge is 2.16. The predicted molar refractivity (Wildman–Crippen MR) is 102 cm³/mol. The smallest absolute Gasteiger partial charge is 0.310 e. The molecule has 7 nitrogen and oxygen atoms in total. The molecule has 0 atom stereocenters. The number of rotatable bonds is 6. The topological polar surface area (TPSA) is 94.4 Å². The number of anilines is 1. The number of benzene rings is 2. The lowest BCUT2D eigenvalue weighted by Crippen LogP contribution is -2.20. The van der Waals surface area contributed by atoms with Crippen molar-refractivity contribution in [2.45, 2.75) is 0 Å². The van der Waals surface area contributed by atoms with Gasteiger partial charge < -0.3 is 10.1 Å². The average molecular weight is 384 g/mol. The van der Waals surface area contributed by atoms with E-state index in [0.29, 0.717) is 10.8 Å². The van der Waals surface area contributed by atoms with E-state index in [1.807, 2.05) is 36.4 Å².